The molecule has 0 spiro atoms. The Morgan fingerprint density at radius 3 is 2.17 bits per heavy atom. The minimum Gasteiger partial charge on any atom is -0.469 e. The van der Waals surface area contributed by atoms with Crippen LogP contribution in [0.15, 0.2) is 59.5 Å². The van der Waals surface area contributed by atoms with Crippen LogP contribution in [-0.2, 0) is 28.2 Å². The second-order valence-electron chi connectivity index (χ2n) is 18.6. The second kappa shape index (κ2) is 20.0. The van der Waals surface area contributed by atoms with E-state index in [9.17, 15) is 4.79 Å². The maximum absolute atomic E-state index is 15.8. The lowest BCUT2D eigenvalue weighted by molar-refractivity contribution is -0.140. The topological polar surface area (TPSA) is 82.1 Å². The van der Waals surface area contributed by atoms with E-state index in [-0.39, 0.29) is 34.3 Å². The highest BCUT2D eigenvalue weighted by Crippen LogP contribution is 2.54. The van der Waals surface area contributed by atoms with Gasteiger partial charge in [-0.3, -0.25) is 9.69 Å². The number of esters is 1. The zero-order chi connectivity index (χ0) is 40.4. The highest BCUT2D eigenvalue weighted by molar-refractivity contribution is 7.99. The predicted molar refractivity (Wildman–Crippen MR) is 234 cm³/mol. The second-order valence-corrected chi connectivity index (χ2v) is 31.5. The molecule has 1 saturated heterocycles. The third-order valence-corrected chi connectivity index (χ3v) is 25.3. The molecule has 0 bridgehead atoms. The first-order valence-electron chi connectivity index (χ1n) is 20.5. The number of methoxy groups -OCH3 is 1. The van der Waals surface area contributed by atoms with Crippen LogP contribution in [0.5, 0.6) is 0 Å². The lowest BCUT2D eigenvalue weighted by Crippen LogP contribution is -2.58. The minimum atomic E-state index is -3.93. The Morgan fingerprint density at radius 2 is 1.59 bits per heavy atom. The molecule has 11 heteroatoms. The van der Waals surface area contributed by atoms with Crippen molar-refractivity contribution in [3.05, 3.63) is 54.6 Å². The van der Waals surface area contributed by atoms with E-state index < -0.39 is 37.1 Å². The molecule has 1 heterocycles. The minimum absolute atomic E-state index is 0.0433. The Bertz CT molecular complexity index is 1480. The lowest BCUT2D eigenvalue weighted by Gasteiger charge is -2.45. The molecule has 5 atom stereocenters. The molecule has 1 saturated carbocycles. The molecule has 54 heavy (non-hydrogen) atoms. The van der Waals surface area contributed by atoms with Crippen molar-refractivity contribution in [2.75, 3.05) is 31.7 Å². The van der Waals surface area contributed by atoms with E-state index in [1.807, 2.05) is 30.0 Å². The van der Waals surface area contributed by atoms with Gasteiger partial charge in [-0.1, -0.05) is 110 Å². The quantitative estimate of drug-likeness (QED) is 0.0591. The SMILES string of the molecule is CCCCC[C@@H](/C=C/[C@H]1[C@H](O[Si](C)(C)C(C)(C)C)C[C@H](N2CCSCC2)[C@]1(C/C=C\CCCC(=O)OC)S(=O)(=O)c1ccccc1)O[Si](C)(C)C(C)(C)C. The molecular weight excluding hydrogens is 747 g/mol. The van der Waals surface area contributed by atoms with Crippen LogP contribution in [-0.4, -0.2) is 90.6 Å². The van der Waals surface area contributed by atoms with Crippen molar-refractivity contribution >= 4 is 44.2 Å². The fourth-order valence-corrected chi connectivity index (χ4v) is 13.5. The Labute approximate surface area is 337 Å². The molecule has 2 aliphatic rings. The van der Waals surface area contributed by atoms with Crippen LogP contribution in [0.25, 0.3) is 0 Å². The number of hydrogen-bond donors (Lipinski definition) is 0. The number of unbranched alkanes of at least 4 members (excludes halogenated alkanes) is 3. The summed E-state index contributed by atoms with van der Waals surface area (Å²) in [6, 6.07) is 8.88. The Balaban J connectivity index is 2.32. The van der Waals surface area contributed by atoms with E-state index in [0.29, 0.717) is 37.0 Å². The summed E-state index contributed by atoms with van der Waals surface area (Å²) in [6.07, 6.45) is 15.1. The third kappa shape index (κ3) is 11.7. The van der Waals surface area contributed by atoms with Crippen molar-refractivity contribution in [2.24, 2.45) is 5.92 Å². The van der Waals surface area contributed by atoms with E-state index in [4.69, 9.17) is 13.6 Å². The number of ether oxygens (including phenoxy) is 1. The van der Waals surface area contributed by atoms with Gasteiger partial charge in [0.1, 0.15) is 4.75 Å². The summed E-state index contributed by atoms with van der Waals surface area (Å²) >= 11 is 1.94. The Kier molecular flexibility index (Phi) is 17.4. The van der Waals surface area contributed by atoms with E-state index >= 15 is 8.42 Å². The standard InChI is InChI=1S/C43H75NO6S2Si2/c1-13-14-18-23-35(49-53(9,10)41(2,3)4)27-28-37-38(50-54(11,12)42(5,6)7)34-39(44-30-32-51-33-31-44)43(37,29-22-16-15-21-26-40(45)48-8)52(46,47)36-24-19-17-20-25-36/h16-17,19-20,22,24-25,27-28,35,37-39H,13-15,18,21,23,26,29-34H2,1-12H3/b22-16-,28-27+/t35-,37-,38+,39-,43+/m0/s1. The monoisotopic (exact) mass is 821 g/mol. The molecule has 0 radical (unpaired) electrons. The van der Waals surface area contributed by atoms with Crippen molar-refractivity contribution in [1.29, 1.82) is 0 Å². The molecule has 7 nitrogen and oxygen atoms in total. The van der Waals surface area contributed by atoms with Crippen LogP contribution in [0.1, 0.15) is 106 Å². The van der Waals surface area contributed by atoms with Gasteiger partial charge in [0.25, 0.3) is 0 Å². The number of hydrogen-bond acceptors (Lipinski definition) is 8. The van der Waals surface area contributed by atoms with Gasteiger partial charge in [0.2, 0.25) is 0 Å². The van der Waals surface area contributed by atoms with Crippen molar-refractivity contribution in [3.8, 4) is 0 Å². The number of nitrogens with zero attached hydrogens (tertiary/aromatic N) is 1. The van der Waals surface area contributed by atoms with Crippen LogP contribution < -0.4 is 0 Å². The van der Waals surface area contributed by atoms with E-state index in [1.54, 1.807) is 12.1 Å². The summed E-state index contributed by atoms with van der Waals surface area (Å²) in [7, 11) is -7.00. The van der Waals surface area contributed by atoms with Gasteiger partial charge in [0, 0.05) is 43.0 Å². The maximum atomic E-state index is 15.8. The number of carbonyl (C=O) groups excluding carboxylic acids is 1. The zero-order valence-corrected chi connectivity index (χ0v) is 39.5. The summed E-state index contributed by atoms with van der Waals surface area (Å²) in [6.45, 7) is 26.8. The highest BCUT2D eigenvalue weighted by atomic mass is 32.2. The molecule has 2 fully saturated rings. The molecule has 3 rings (SSSR count). The zero-order valence-electron chi connectivity index (χ0n) is 35.9. The largest absolute Gasteiger partial charge is 0.469 e. The van der Waals surface area contributed by atoms with Gasteiger partial charge in [-0.2, -0.15) is 11.8 Å². The van der Waals surface area contributed by atoms with Crippen LogP contribution in [0.4, 0.5) is 0 Å². The number of sulfone groups is 1. The molecule has 0 unspecified atom stereocenters. The molecule has 1 aromatic rings. The number of thioether (sulfide) groups is 1. The first kappa shape index (κ1) is 47.2. The summed E-state index contributed by atoms with van der Waals surface area (Å²) in [5.74, 6) is 1.33. The fourth-order valence-electron chi connectivity index (χ4n) is 7.41. The van der Waals surface area contributed by atoms with E-state index in [1.165, 1.54) is 7.11 Å². The molecule has 308 valence electrons. The molecule has 1 aliphatic heterocycles. The van der Waals surface area contributed by atoms with Crippen molar-refractivity contribution in [3.63, 3.8) is 0 Å². The first-order valence-corrected chi connectivity index (χ1v) is 29.0. The van der Waals surface area contributed by atoms with Gasteiger partial charge in [-0.05, 0) is 80.5 Å². The first-order chi connectivity index (χ1) is 25.1. The average molecular weight is 822 g/mol. The summed E-state index contributed by atoms with van der Waals surface area (Å²) in [5, 5.41) is -0.00261. The van der Waals surface area contributed by atoms with E-state index in [2.05, 4.69) is 104 Å². The van der Waals surface area contributed by atoms with Crippen molar-refractivity contribution < 1.29 is 26.8 Å². The van der Waals surface area contributed by atoms with Crippen molar-refractivity contribution in [2.45, 2.75) is 170 Å². The fraction of sp³-hybridized carbons (Fsp3) is 0.744. The molecule has 1 aliphatic carbocycles. The van der Waals surface area contributed by atoms with Gasteiger partial charge in [0.15, 0.2) is 26.5 Å². The third-order valence-electron chi connectivity index (χ3n) is 12.7. The lowest BCUT2D eigenvalue weighted by atomic mass is 9.86. The number of benzene rings is 1. The average Bonchev–Trinajstić information content (AvgIpc) is 3.41. The summed E-state index contributed by atoms with van der Waals surface area (Å²) in [5.41, 5.74) is 0. The Hall–Kier alpha value is -1.22. The number of allylic oxidation sites excluding steroid dienone is 2. The summed E-state index contributed by atoms with van der Waals surface area (Å²) in [4.78, 5) is 14.7. The molecule has 0 amide bonds. The number of rotatable bonds is 19. The van der Waals surface area contributed by atoms with Gasteiger partial charge in [0.05, 0.1) is 24.2 Å². The molecular formula is C43H75NO6S2Si2. The number of carbonyl (C=O) groups is 1. The predicted octanol–water partition coefficient (Wildman–Crippen LogP) is 10.8. The van der Waals surface area contributed by atoms with Crippen LogP contribution in [0.2, 0.25) is 36.3 Å². The molecule has 0 aromatic heterocycles. The molecule has 0 N–H and O–H groups in total. The maximum Gasteiger partial charge on any atom is 0.305 e. The van der Waals surface area contributed by atoms with Crippen LogP contribution >= 0.6 is 11.8 Å². The van der Waals surface area contributed by atoms with Gasteiger partial charge in [-0.25, -0.2) is 8.42 Å². The van der Waals surface area contributed by atoms with E-state index in [0.717, 1.165) is 50.3 Å². The summed E-state index contributed by atoms with van der Waals surface area (Å²) < 4.78 is 49.8. The molecule has 1 aromatic carbocycles. The van der Waals surface area contributed by atoms with Gasteiger partial charge >= 0.3 is 5.97 Å². The van der Waals surface area contributed by atoms with Crippen LogP contribution in [0.3, 0.4) is 0 Å². The van der Waals surface area contributed by atoms with Crippen LogP contribution in [0, 0.1) is 5.92 Å². The van der Waals surface area contributed by atoms with Gasteiger partial charge < -0.3 is 13.6 Å². The van der Waals surface area contributed by atoms with Crippen molar-refractivity contribution in [1.82, 2.24) is 4.90 Å². The van der Waals surface area contributed by atoms with Gasteiger partial charge in [-0.15, -0.1) is 0 Å². The highest BCUT2D eigenvalue weighted by Gasteiger charge is 2.64. The smallest absolute Gasteiger partial charge is 0.305 e. The normalized spacial score (nSPS) is 24.4. The Morgan fingerprint density at radius 1 is 0.963 bits per heavy atom.